The molecule has 1 rings (SSSR count). The molecule has 1 saturated heterocycles. The molecule has 1 aliphatic heterocycles. The maximum absolute atomic E-state index is 11.4. The van der Waals surface area contributed by atoms with Crippen LogP contribution in [-0.2, 0) is 19.1 Å². The van der Waals surface area contributed by atoms with E-state index in [1.165, 1.54) is 7.11 Å². The average Bonchev–Trinajstić information content (AvgIpc) is 2.60. The van der Waals surface area contributed by atoms with Gasteiger partial charge in [-0.05, 0) is 13.3 Å². The van der Waals surface area contributed by atoms with Gasteiger partial charge in [0.2, 0.25) is 5.91 Å². The maximum atomic E-state index is 11.4. The number of methoxy groups -OCH3 is 1. The molecule has 80 valence electrons. The van der Waals surface area contributed by atoms with Gasteiger partial charge in [0.15, 0.2) is 0 Å². The van der Waals surface area contributed by atoms with Crippen molar-refractivity contribution in [3.63, 3.8) is 0 Å². The van der Waals surface area contributed by atoms with Gasteiger partial charge >= 0.3 is 5.97 Å². The molecule has 5 heteroatoms. The molecule has 5 nitrogen and oxygen atoms in total. The zero-order valence-corrected chi connectivity index (χ0v) is 8.41. The van der Waals surface area contributed by atoms with Crippen LogP contribution in [0.25, 0.3) is 0 Å². The molecule has 0 aliphatic carbocycles. The van der Waals surface area contributed by atoms with E-state index in [0.717, 1.165) is 0 Å². The third-order valence-corrected chi connectivity index (χ3v) is 2.20. The van der Waals surface area contributed by atoms with Gasteiger partial charge in [-0.1, -0.05) is 0 Å². The van der Waals surface area contributed by atoms with E-state index in [0.29, 0.717) is 13.0 Å². The summed E-state index contributed by atoms with van der Waals surface area (Å²) in [5.41, 5.74) is 0. The van der Waals surface area contributed by atoms with Crippen molar-refractivity contribution in [1.29, 1.82) is 0 Å². The van der Waals surface area contributed by atoms with Crippen LogP contribution in [0, 0.1) is 5.92 Å². The lowest BCUT2D eigenvalue weighted by molar-refractivity contribution is -0.141. The summed E-state index contributed by atoms with van der Waals surface area (Å²) in [5.74, 6) is -0.709. The highest BCUT2D eigenvalue weighted by molar-refractivity contribution is 5.83. The van der Waals surface area contributed by atoms with E-state index in [2.05, 4.69) is 10.1 Å². The van der Waals surface area contributed by atoms with Gasteiger partial charge in [-0.2, -0.15) is 0 Å². The first-order valence-corrected chi connectivity index (χ1v) is 4.59. The quantitative estimate of drug-likeness (QED) is 0.637. The van der Waals surface area contributed by atoms with Crippen molar-refractivity contribution in [3.05, 3.63) is 0 Å². The van der Waals surface area contributed by atoms with Gasteiger partial charge in [0.25, 0.3) is 0 Å². The number of nitrogens with one attached hydrogen (secondary N) is 1. The first-order valence-electron chi connectivity index (χ1n) is 4.59. The van der Waals surface area contributed by atoms with Crippen molar-refractivity contribution in [2.75, 3.05) is 20.3 Å². The lowest BCUT2D eigenvalue weighted by Gasteiger charge is -2.07. The summed E-state index contributed by atoms with van der Waals surface area (Å²) in [4.78, 5) is 22.1. The topological polar surface area (TPSA) is 64.6 Å². The first-order chi connectivity index (χ1) is 6.63. The number of hydrogen-bond donors (Lipinski definition) is 1. The van der Waals surface area contributed by atoms with Crippen molar-refractivity contribution in [1.82, 2.24) is 5.32 Å². The van der Waals surface area contributed by atoms with E-state index in [9.17, 15) is 9.59 Å². The van der Waals surface area contributed by atoms with Crippen molar-refractivity contribution < 1.29 is 19.1 Å². The molecule has 1 fully saturated rings. The van der Waals surface area contributed by atoms with Crippen LogP contribution >= 0.6 is 0 Å². The van der Waals surface area contributed by atoms with Crippen molar-refractivity contribution in [2.24, 2.45) is 5.92 Å². The normalized spacial score (nSPS) is 25.9. The van der Waals surface area contributed by atoms with Gasteiger partial charge in [-0.25, -0.2) is 0 Å². The number of esters is 1. The van der Waals surface area contributed by atoms with E-state index >= 15 is 0 Å². The van der Waals surface area contributed by atoms with E-state index in [1.807, 2.05) is 6.92 Å². The lowest BCUT2D eigenvalue weighted by atomic mass is 10.1. The summed E-state index contributed by atoms with van der Waals surface area (Å²) in [6, 6.07) is 0. The average molecular weight is 201 g/mol. The highest BCUT2D eigenvalue weighted by atomic mass is 16.5. The van der Waals surface area contributed by atoms with E-state index < -0.39 is 5.97 Å². The van der Waals surface area contributed by atoms with Crippen molar-refractivity contribution in [3.8, 4) is 0 Å². The minimum absolute atomic E-state index is 0.0692. The second-order valence-corrected chi connectivity index (χ2v) is 3.37. The molecule has 0 aromatic rings. The Morgan fingerprint density at radius 1 is 1.57 bits per heavy atom. The molecule has 0 bridgehead atoms. The predicted octanol–water partition coefficient (Wildman–Crippen LogP) is -0.299. The molecule has 0 aromatic carbocycles. The molecule has 0 aromatic heterocycles. The first kappa shape index (κ1) is 11.0. The van der Waals surface area contributed by atoms with Crippen LogP contribution in [0.1, 0.15) is 13.3 Å². The number of carbonyl (C=O) groups is 2. The molecule has 1 N–H and O–H groups in total. The molecule has 1 aliphatic rings. The third kappa shape index (κ3) is 2.99. The fourth-order valence-corrected chi connectivity index (χ4v) is 1.38. The second-order valence-electron chi connectivity index (χ2n) is 3.37. The molecular formula is C9H15NO4. The number of hydrogen-bond acceptors (Lipinski definition) is 4. The molecular weight excluding hydrogens is 186 g/mol. The molecule has 0 saturated carbocycles. The Morgan fingerprint density at radius 3 is 2.79 bits per heavy atom. The highest BCUT2D eigenvalue weighted by Gasteiger charge is 2.28. The molecule has 0 radical (unpaired) electrons. The number of amides is 1. The standard InChI is InChI=1S/C9H15NO4/c1-6-3-7(5-14-6)9(12)10-4-8(11)13-2/h6-7H,3-5H2,1-2H3,(H,10,12). The van der Waals surface area contributed by atoms with Crippen molar-refractivity contribution in [2.45, 2.75) is 19.4 Å². The predicted molar refractivity (Wildman–Crippen MR) is 48.5 cm³/mol. The molecule has 2 atom stereocenters. The van der Waals surface area contributed by atoms with Gasteiger partial charge < -0.3 is 14.8 Å². The summed E-state index contributed by atoms with van der Waals surface area (Å²) in [7, 11) is 1.29. The number of ether oxygens (including phenoxy) is 2. The van der Waals surface area contributed by atoms with Crippen LogP contribution in [0.2, 0.25) is 0 Å². The largest absolute Gasteiger partial charge is 0.468 e. The van der Waals surface area contributed by atoms with Crippen LogP contribution in [0.3, 0.4) is 0 Å². The van der Waals surface area contributed by atoms with Crippen LogP contribution in [-0.4, -0.2) is 38.2 Å². The van der Waals surface area contributed by atoms with Gasteiger partial charge in [0.05, 0.1) is 25.7 Å². The molecule has 2 unspecified atom stereocenters. The SMILES string of the molecule is COC(=O)CNC(=O)C1COC(C)C1. The van der Waals surface area contributed by atoms with E-state index in [-0.39, 0.29) is 24.5 Å². The maximum Gasteiger partial charge on any atom is 0.325 e. The summed E-state index contributed by atoms with van der Waals surface area (Å²) in [6.07, 6.45) is 0.844. The zero-order chi connectivity index (χ0) is 10.6. The molecule has 1 amide bonds. The Balaban J connectivity index is 2.25. The Morgan fingerprint density at radius 2 is 2.29 bits per heavy atom. The summed E-state index contributed by atoms with van der Waals surface area (Å²) >= 11 is 0. The Hall–Kier alpha value is -1.10. The Kier molecular flexibility index (Phi) is 3.88. The van der Waals surface area contributed by atoms with E-state index in [4.69, 9.17) is 4.74 Å². The van der Waals surface area contributed by atoms with Gasteiger partial charge in [0, 0.05) is 0 Å². The zero-order valence-electron chi connectivity index (χ0n) is 8.41. The summed E-state index contributed by atoms with van der Waals surface area (Å²) < 4.78 is 9.64. The molecule has 1 heterocycles. The second kappa shape index (κ2) is 4.95. The fraction of sp³-hybridized carbons (Fsp3) is 0.778. The summed E-state index contributed by atoms with van der Waals surface area (Å²) in [6.45, 7) is 2.29. The minimum Gasteiger partial charge on any atom is -0.468 e. The number of carbonyl (C=O) groups excluding carboxylic acids is 2. The molecule has 0 spiro atoms. The smallest absolute Gasteiger partial charge is 0.325 e. The molecule has 14 heavy (non-hydrogen) atoms. The summed E-state index contributed by atoms with van der Waals surface area (Å²) in [5, 5.41) is 2.50. The van der Waals surface area contributed by atoms with Crippen LogP contribution in [0.5, 0.6) is 0 Å². The van der Waals surface area contributed by atoms with Crippen molar-refractivity contribution >= 4 is 11.9 Å². The highest BCUT2D eigenvalue weighted by Crippen LogP contribution is 2.18. The van der Waals surface area contributed by atoms with E-state index in [1.54, 1.807) is 0 Å². The Labute approximate surface area is 82.8 Å². The van der Waals surface area contributed by atoms with Gasteiger partial charge in [-0.3, -0.25) is 9.59 Å². The van der Waals surface area contributed by atoms with Crippen LogP contribution in [0.15, 0.2) is 0 Å². The fourth-order valence-electron chi connectivity index (χ4n) is 1.38. The lowest BCUT2D eigenvalue weighted by Crippen LogP contribution is -2.35. The Bertz CT molecular complexity index is 229. The third-order valence-electron chi connectivity index (χ3n) is 2.20. The van der Waals surface area contributed by atoms with Gasteiger partial charge in [0.1, 0.15) is 6.54 Å². The van der Waals surface area contributed by atoms with Crippen LogP contribution in [0.4, 0.5) is 0 Å². The van der Waals surface area contributed by atoms with Gasteiger partial charge in [-0.15, -0.1) is 0 Å². The monoisotopic (exact) mass is 201 g/mol. The minimum atomic E-state index is -0.440. The number of rotatable bonds is 3. The van der Waals surface area contributed by atoms with Crippen LogP contribution < -0.4 is 5.32 Å².